The highest BCUT2D eigenvalue weighted by atomic mass is 32.2. The lowest BCUT2D eigenvalue weighted by Gasteiger charge is -2.07. The third kappa shape index (κ3) is 5.13. The summed E-state index contributed by atoms with van der Waals surface area (Å²) in [5, 5.41) is 7.13. The number of alkyl halides is 3. The first-order chi connectivity index (χ1) is 11.3. The van der Waals surface area contributed by atoms with Crippen LogP contribution in [-0.4, -0.2) is 45.4 Å². The molecule has 0 bridgehead atoms. The van der Waals surface area contributed by atoms with E-state index in [-0.39, 0.29) is 12.6 Å². The minimum absolute atomic E-state index is 0.340. The molecule has 132 valence electrons. The van der Waals surface area contributed by atoms with E-state index in [1.807, 2.05) is 12.5 Å². The first kappa shape index (κ1) is 19.1. The number of carbonyl (C=O) groups excluding carboxylic acids is 1. The van der Waals surface area contributed by atoms with E-state index in [1.165, 1.54) is 47.4 Å². The van der Waals surface area contributed by atoms with Crippen molar-refractivity contribution in [2.75, 3.05) is 24.4 Å². The van der Waals surface area contributed by atoms with Crippen molar-refractivity contribution in [1.82, 2.24) is 14.2 Å². The van der Waals surface area contributed by atoms with E-state index in [9.17, 15) is 18.0 Å². The lowest BCUT2D eigenvalue weighted by Crippen LogP contribution is -2.18. The van der Waals surface area contributed by atoms with Crippen LogP contribution in [-0.2, 0) is 11.5 Å². The van der Waals surface area contributed by atoms with Crippen molar-refractivity contribution in [2.24, 2.45) is 0 Å². The number of hydrogen-bond acceptors (Lipinski definition) is 7. The van der Waals surface area contributed by atoms with Crippen molar-refractivity contribution in [3.05, 3.63) is 18.0 Å². The average molecular weight is 398 g/mol. The summed E-state index contributed by atoms with van der Waals surface area (Å²) in [5.41, 5.74) is 0.849. The summed E-state index contributed by atoms with van der Waals surface area (Å²) < 4.78 is 46.7. The van der Waals surface area contributed by atoms with Crippen molar-refractivity contribution in [3.63, 3.8) is 0 Å². The van der Waals surface area contributed by atoms with Crippen molar-refractivity contribution in [2.45, 2.75) is 22.1 Å². The lowest BCUT2D eigenvalue weighted by atomic mass is 10.3. The van der Waals surface area contributed by atoms with Crippen LogP contribution in [0.5, 0.6) is 0 Å². The second-order valence-electron chi connectivity index (χ2n) is 4.37. The highest BCUT2D eigenvalue weighted by molar-refractivity contribution is 8.01. The summed E-state index contributed by atoms with van der Waals surface area (Å²) in [6.45, 7) is -1.72. The number of aromatic nitrogens is 3. The van der Waals surface area contributed by atoms with Gasteiger partial charge in [0.05, 0.1) is 27.9 Å². The number of thioether (sulfide) groups is 2. The molecule has 0 radical (unpaired) electrons. The monoisotopic (exact) mass is 398 g/mol. The first-order valence-corrected chi connectivity index (χ1v) is 9.62. The second kappa shape index (κ2) is 8.23. The molecule has 0 saturated carbocycles. The normalized spacial score (nSPS) is 11.7. The molecule has 0 aliphatic rings. The third-order valence-electron chi connectivity index (χ3n) is 2.62. The Morgan fingerprint density at radius 1 is 1.42 bits per heavy atom. The second-order valence-corrected chi connectivity index (χ2v) is 7.02. The van der Waals surface area contributed by atoms with E-state index in [0.29, 0.717) is 16.3 Å². The predicted octanol–water partition coefficient (Wildman–Crippen LogP) is 3.57. The molecule has 6 nitrogen and oxygen atoms in total. The number of nitrogens with zero attached hydrogens (tertiary/aromatic N) is 3. The standard InChI is InChI=1S/C12H13F3N4O2S3/c1-22-10-8(11(23-2)24-18-10)9(20)17-7-3-16-19(4-7)6-21-5-12(13,14)15/h3-4H,5-6H2,1-2H3,(H,17,20). The molecule has 1 amide bonds. The van der Waals surface area contributed by atoms with Gasteiger partial charge in [-0.1, -0.05) is 0 Å². The molecule has 1 N–H and O–H groups in total. The summed E-state index contributed by atoms with van der Waals surface area (Å²) in [6.07, 6.45) is 2.02. The van der Waals surface area contributed by atoms with Gasteiger partial charge in [-0.25, -0.2) is 4.68 Å². The Bertz CT molecular complexity index is 681. The molecule has 0 saturated heterocycles. The number of rotatable bonds is 7. The Kier molecular flexibility index (Phi) is 6.54. The van der Waals surface area contributed by atoms with Crippen molar-refractivity contribution < 1.29 is 22.7 Å². The highest BCUT2D eigenvalue weighted by Gasteiger charge is 2.27. The minimum Gasteiger partial charge on any atom is -0.350 e. The summed E-state index contributed by atoms with van der Waals surface area (Å²) in [6, 6.07) is 0. The van der Waals surface area contributed by atoms with Gasteiger partial charge in [0.1, 0.15) is 18.4 Å². The van der Waals surface area contributed by atoms with Crippen LogP contribution in [0.2, 0.25) is 0 Å². The number of halogens is 3. The van der Waals surface area contributed by atoms with Gasteiger partial charge in [-0.15, -0.1) is 23.5 Å². The fourth-order valence-corrected chi connectivity index (χ4v) is 3.96. The number of anilines is 1. The Morgan fingerprint density at radius 2 is 2.17 bits per heavy atom. The number of carbonyl (C=O) groups is 1. The van der Waals surface area contributed by atoms with Gasteiger partial charge in [0.15, 0.2) is 0 Å². The van der Waals surface area contributed by atoms with Gasteiger partial charge in [-0.2, -0.15) is 22.6 Å². The molecule has 0 aliphatic carbocycles. The maximum absolute atomic E-state index is 12.4. The summed E-state index contributed by atoms with van der Waals surface area (Å²) >= 11 is 4.03. The number of amides is 1. The van der Waals surface area contributed by atoms with Crippen molar-refractivity contribution in [1.29, 1.82) is 0 Å². The highest BCUT2D eigenvalue weighted by Crippen LogP contribution is 2.33. The molecular weight excluding hydrogens is 385 g/mol. The number of ether oxygens (including phenoxy) is 1. The molecule has 24 heavy (non-hydrogen) atoms. The van der Waals surface area contributed by atoms with Gasteiger partial charge in [-0.3, -0.25) is 4.79 Å². The Hall–Kier alpha value is -1.24. The molecular formula is C12H13F3N4O2S3. The maximum Gasteiger partial charge on any atom is 0.411 e. The Balaban J connectivity index is 1.99. The largest absolute Gasteiger partial charge is 0.411 e. The Labute approximate surface area is 148 Å². The van der Waals surface area contributed by atoms with Crippen LogP contribution < -0.4 is 5.32 Å². The molecule has 12 heteroatoms. The van der Waals surface area contributed by atoms with Crippen LogP contribution in [0.3, 0.4) is 0 Å². The van der Waals surface area contributed by atoms with E-state index in [4.69, 9.17) is 0 Å². The van der Waals surface area contributed by atoms with Gasteiger partial charge in [-0.05, 0) is 24.0 Å². The Morgan fingerprint density at radius 3 is 2.79 bits per heavy atom. The van der Waals surface area contributed by atoms with E-state index in [0.717, 1.165) is 8.89 Å². The van der Waals surface area contributed by atoms with E-state index >= 15 is 0 Å². The zero-order chi connectivity index (χ0) is 17.7. The van der Waals surface area contributed by atoms with E-state index in [1.54, 1.807) is 0 Å². The third-order valence-corrected chi connectivity index (χ3v) is 5.36. The summed E-state index contributed by atoms with van der Waals surface area (Å²) in [5.74, 6) is -0.340. The topological polar surface area (TPSA) is 69.0 Å². The van der Waals surface area contributed by atoms with Crippen LogP contribution >= 0.6 is 35.1 Å². The molecule has 0 unspecified atom stereocenters. The minimum atomic E-state index is -4.39. The molecule has 2 aromatic heterocycles. The van der Waals surface area contributed by atoms with Gasteiger partial charge in [0.25, 0.3) is 5.91 Å². The van der Waals surface area contributed by atoms with Gasteiger partial charge < -0.3 is 10.1 Å². The van der Waals surface area contributed by atoms with E-state index in [2.05, 4.69) is 19.5 Å². The van der Waals surface area contributed by atoms with Gasteiger partial charge >= 0.3 is 6.18 Å². The van der Waals surface area contributed by atoms with Gasteiger partial charge in [0.2, 0.25) is 0 Å². The maximum atomic E-state index is 12.4. The van der Waals surface area contributed by atoms with Crippen LogP contribution in [0.25, 0.3) is 0 Å². The zero-order valence-corrected chi connectivity index (χ0v) is 15.0. The van der Waals surface area contributed by atoms with E-state index < -0.39 is 12.8 Å². The van der Waals surface area contributed by atoms with Crippen LogP contribution in [0, 0.1) is 0 Å². The molecule has 0 fully saturated rings. The van der Waals surface area contributed by atoms with Crippen LogP contribution in [0.15, 0.2) is 21.6 Å². The number of hydrogen-bond donors (Lipinski definition) is 1. The first-order valence-electron chi connectivity index (χ1n) is 6.40. The van der Waals surface area contributed by atoms with Crippen molar-refractivity contribution in [3.8, 4) is 0 Å². The molecule has 2 aromatic rings. The summed E-state index contributed by atoms with van der Waals surface area (Å²) in [7, 11) is 0. The van der Waals surface area contributed by atoms with Crippen LogP contribution in [0.4, 0.5) is 18.9 Å². The quantitative estimate of drug-likeness (QED) is 0.719. The predicted molar refractivity (Wildman–Crippen MR) is 87.9 cm³/mol. The molecule has 0 atom stereocenters. The fraction of sp³-hybridized carbons (Fsp3) is 0.417. The van der Waals surface area contributed by atoms with Crippen LogP contribution in [0.1, 0.15) is 10.4 Å². The smallest absolute Gasteiger partial charge is 0.350 e. The molecule has 0 spiro atoms. The molecule has 0 aliphatic heterocycles. The summed E-state index contributed by atoms with van der Waals surface area (Å²) in [4.78, 5) is 12.4. The fourth-order valence-electron chi connectivity index (χ4n) is 1.68. The van der Waals surface area contributed by atoms with Gasteiger partial charge in [0, 0.05) is 0 Å². The lowest BCUT2D eigenvalue weighted by molar-refractivity contribution is -0.182. The average Bonchev–Trinajstić information content (AvgIpc) is 3.11. The molecule has 2 heterocycles. The molecule has 0 aromatic carbocycles. The number of nitrogens with one attached hydrogen (secondary N) is 1. The SMILES string of the molecule is CSc1nsc(SC)c1C(=O)Nc1cnn(COCC(F)(F)F)c1. The zero-order valence-electron chi connectivity index (χ0n) is 12.6. The molecule has 2 rings (SSSR count). The van der Waals surface area contributed by atoms with Crippen molar-refractivity contribution >= 4 is 46.7 Å².